The van der Waals surface area contributed by atoms with Crippen LogP contribution in [-0.2, 0) is 16.6 Å². The second-order valence-electron chi connectivity index (χ2n) is 4.56. The van der Waals surface area contributed by atoms with Crippen LogP contribution in [0, 0.1) is 0 Å². The molecular weight excluding hydrogens is 361 g/mol. The third-order valence-corrected chi connectivity index (χ3v) is 3.56. The Morgan fingerprint density at radius 2 is 1.96 bits per heavy atom. The number of hydrogen-bond acceptors (Lipinski definition) is 6. The second-order valence-corrected chi connectivity index (χ2v) is 5.38. The van der Waals surface area contributed by atoms with E-state index in [1.807, 2.05) is 0 Å². The normalized spacial score (nSPS) is 10.5. The van der Waals surface area contributed by atoms with Crippen molar-refractivity contribution in [1.29, 1.82) is 0 Å². The maximum Gasteiger partial charge on any atom is 0.351 e. The number of aromatic nitrogens is 3. The molecule has 2 aromatic rings. The van der Waals surface area contributed by atoms with Crippen molar-refractivity contribution in [2.45, 2.75) is 6.92 Å². The molecule has 0 saturated carbocycles. The van der Waals surface area contributed by atoms with E-state index in [9.17, 15) is 14.4 Å². The molecule has 2 rings (SSSR count). The van der Waals surface area contributed by atoms with Gasteiger partial charge in [0.15, 0.2) is 6.61 Å². The van der Waals surface area contributed by atoms with E-state index >= 15 is 0 Å². The van der Waals surface area contributed by atoms with Gasteiger partial charge in [0.25, 0.3) is 5.56 Å². The van der Waals surface area contributed by atoms with Gasteiger partial charge in [0.1, 0.15) is 11.9 Å². The fourth-order valence-electron chi connectivity index (χ4n) is 1.78. The van der Waals surface area contributed by atoms with E-state index in [-0.39, 0.29) is 34.7 Å². The van der Waals surface area contributed by atoms with Crippen molar-refractivity contribution in [2.75, 3.05) is 13.2 Å². The summed E-state index contributed by atoms with van der Waals surface area (Å²) in [6.45, 7) is 1.53. The van der Waals surface area contributed by atoms with Gasteiger partial charge in [0.05, 0.1) is 22.3 Å². The Balaban J connectivity index is 2.44. The molecule has 128 valence electrons. The van der Waals surface area contributed by atoms with Crippen molar-refractivity contribution < 1.29 is 14.3 Å². The first-order chi connectivity index (χ1) is 11.3. The quantitative estimate of drug-likeness (QED) is 0.730. The van der Waals surface area contributed by atoms with Crippen LogP contribution in [0.3, 0.4) is 0 Å². The van der Waals surface area contributed by atoms with Crippen LogP contribution in [0.1, 0.15) is 6.92 Å². The number of esters is 1. The zero-order chi connectivity index (χ0) is 17.9. The van der Waals surface area contributed by atoms with E-state index in [0.29, 0.717) is 0 Å². The highest BCUT2D eigenvalue weighted by Crippen LogP contribution is 2.32. The molecular formula is C14H13Cl2N3O5. The Hall–Kier alpha value is -2.32. The standard InChI is InChI=1S/C14H13Cl2N3O5/c1-3-23-13(21)7-24-11-5-10(8(15)4-9(11)16)19-14(22)18(2)12(20)6-17-19/h4-6H,3,7H2,1-2H3. The maximum atomic E-state index is 12.1. The first kappa shape index (κ1) is 18.0. The average molecular weight is 374 g/mol. The zero-order valence-corrected chi connectivity index (χ0v) is 14.3. The monoisotopic (exact) mass is 373 g/mol. The summed E-state index contributed by atoms with van der Waals surface area (Å²) in [5.74, 6) is -0.450. The second kappa shape index (κ2) is 7.50. The van der Waals surface area contributed by atoms with Gasteiger partial charge in [-0.25, -0.2) is 9.59 Å². The van der Waals surface area contributed by atoms with E-state index in [1.165, 1.54) is 19.2 Å². The third kappa shape index (κ3) is 3.77. The number of carbonyl (C=O) groups is 1. The van der Waals surface area contributed by atoms with Crippen LogP contribution in [0.4, 0.5) is 0 Å². The predicted octanol–water partition coefficient (Wildman–Crippen LogP) is 1.18. The largest absolute Gasteiger partial charge is 0.480 e. The highest BCUT2D eigenvalue weighted by atomic mass is 35.5. The average Bonchev–Trinajstić information content (AvgIpc) is 2.53. The van der Waals surface area contributed by atoms with Crippen molar-refractivity contribution in [3.8, 4) is 11.4 Å². The van der Waals surface area contributed by atoms with Crippen LogP contribution in [0.15, 0.2) is 27.9 Å². The fourth-order valence-corrected chi connectivity index (χ4v) is 2.29. The molecule has 0 amide bonds. The molecule has 0 spiro atoms. The minimum atomic E-state index is -0.692. The summed E-state index contributed by atoms with van der Waals surface area (Å²) in [7, 11) is 1.31. The van der Waals surface area contributed by atoms with E-state index in [2.05, 4.69) is 5.10 Å². The minimum Gasteiger partial charge on any atom is -0.480 e. The third-order valence-electron chi connectivity index (χ3n) is 2.96. The molecule has 0 aliphatic carbocycles. The highest BCUT2D eigenvalue weighted by Gasteiger charge is 2.15. The summed E-state index contributed by atoms with van der Waals surface area (Å²) < 4.78 is 11.8. The Bertz CT molecular complexity index is 891. The van der Waals surface area contributed by atoms with Gasteiger partial charge < -0.3 is 9.47 Å². The topological polar surface area (TPSA) is 92.4 Å². The Morgan fingerprint density at radius 1 is 1.25 bits per heavy atom. The fraction of sp³-hybridized carbons (Fsp3) is 0.286. The summed E-state index contributed by atoms with van der Waals surface area (Å²) in [6, 6.07) is 2.70. The van der Waals surface area contributed by atoms with Crippen LogP contribution in [0.25, 0.3) is 5.69 Å². The Labute approximate surface area is 146 Å². The van der Waals surface area contributed by atoms with Crippen LogP contribution in [0.2, 0.25) is 10.0 Å². The van der Waals surface area contributed by atoms with Gasteiger partial charge in [0, 0.05) is 13.1 Å². The maximum absolute atomic E-state index is 12.1. The van der Waals surface area contributed by atoms with Crippen LogP contribution >= 0.6 is 23.2 Å². The van der Waals surface area contributed by atoms with E-state index in [0.717, 1.165) is 15.4 Å². The van der Waals surface area contributed by atoms with Crippen molar-refractivity contribution >= 4 is 29.2 Å². The SMILES string of the molecule is CCOC(=O)COc1cc(-n2ncc(=O)n(C)c2=O)c(Cl)cc1Cl. The summed E-state index contributed by atoms with van der Waals surface area (Å²) in [4.78, 5) is 34.9. The lowest BCUT2D eigenvalue weighted by Gasteiger charge is -2.12. The predicted molar refractivity (Wildman–Crippen MR) is 87.2 cm³/mol. The molecule has 0 saturated heterocycles. The molecule has 0 aliphatic heterocycles. The van der Waals surface area contributed by atoms with Crippen molar-refractivity contribution in [1.82, 2.24) is 14.3 Å². The van der Waals surface area contributed by atoms with Crippen molar-refractivity contribution in [3.05, 3.63) is 49.2 Å². The number of benzene rings is 1. The summed E-state index contributed by atoms with van der Waals surface area (Å²) >= 11 is 12.1. The van der Waals surface area contributed by atoms with Gasteiger partial charge in [-0.3, -0.25) is 9.36 Å². The zero-order valence-electron chi connectivity index (χ0n) is 12.8. The lowest BCUT2D eigenvalue weighted by Crippen LogP contribution is -2.38. The molecule has 0 radical (unpaired) electrons. The summed E-state index contributed by atoms with van der Waals surface area (Å²) in [6.07, 6.45) is 0.978. The molecule has 24 heavy (non-hydrogen) atoms. The molecule has 1 aromatic carbocycles. The Morgan fingerprint density at radius 3 is 2.62 bits per heavy atom. The molecule has 0 N–H and O–H groups in total. The smallest absolute Gasteiger partial charge is 0.351 e. The first-order valence-corrected chi connectivity index (χ1v) is 7.54. The van der Waals surface area contributed by atoms with Crippen LogP contribution < -0.4 is 16.0 Å². The molecule has 0 aliphatic rings. The van der Waals surface area contributed by atoms with Crippen molar-refractivity contribution in [3.63, 3.8) is 0 Å². The molecule has 0 unspecified atom stereocenters. The minimum absolute atomic E-state index is 0.117. The van der Waals surface area contributed by atoms with Gasteiger partial charge in [-0.2, -0.15) is 9.78 Å². The van der Waals surface area contributed by atoms with Gasteiger partial charge >= 0.3 is 11.7 Å². The van der Waals surface area contributed by atoms with E-state index in [1.54, 1.807) is 6.92 Å². The molecule has 10 heteroatoms. The van der Waals surface area contributed by atoms with Gasteiger partial charge in [-0.15, -0.1) is 0 Å². The Kier molecular flexibility index (Phi) is 5.63. The number of ether oxygens (including phenoxy) is 2. The first-order valence-electron chi connectivity index (χ1n) is 6.78. The number of carbonyl (C=O) groups excluding carboxylic acids is 1. The number of nitrogens with zero attached hydrogens (tertiary/aromatic N) is 3. The number of halogens is 2. The van der Waals surface area contributed by atoms with E-state index in [4.69, 9.17) is 32.7 Å². The highest BCUT2D eigenvalue weighted by molar-refractivity contribution is 6.36. The summed E-state index contributed by atoms with van der Waals surface area (Å²) in [5, 5.41) is 4.03. The van der Waals surface area contributed by atoms with Crippen LogP contribution in [-0.4, -0.2) is 33.5 Å². The number of rotatable bonds is 5. The van der Waals surface area contributed by atoms with Gasteiger partial charge in [0.2, 0.25) is 0 Å². The molecule has 1 aromatic heterocycles. The van der Waals surface area contributed by atoms with Crippen molar-refractivity contribution in [2.24, 2.45) is 7.05 Å². The lowest BCUT2D eigenvalue weighted by atomic mass is 10.3. The molecule has 1 heterocycles. The van der Waals surface area contributed by atoms with Crippen LogP contribution in [0.5, 0.6) is 5.75 Å². The molecule has 8 nitrogen and oxygen atoms in total. The number of hydrogen-bond donors (Lipinski definition) is 0. The van der Waals surface area contributed by atoms with Gasteiger partial charge in [-0.05, 0) is 13.0 Å². The lowest BCUT2D eigenvalue weighted by molar-refractivity contribution is -0.145. The molecule has 0 atom stereocenters. The van der Waals surface area contributed by atoms with Gasteiger partial charge in [-0.1, -0.05) is 23.2 Å². The molecule has 0 fully saturated rings. The summed E-state index contributed by atoms with van der Waals surface area (Å²) in [5.41, 5.74) is -1.09. The molecule has 0 bridgehead atoms. The van der Waals surface area contributed by atoms with E-state index < -0.39 is 17.2 Å².